The molecule has 5 nitrogen and oxygen atoms in total. The number of hydrogen-bond donors (Lipinski definition) is 1. The van der Waals surface area contributed by atoms with Crippen LogP contribution in [0.4, 0.5) is 11.5 Å². The van der Waals surface area contributed by atoms with Crippen molar-refractivity contribution in [2.75, 3.05) is 24.7 Å². The fourth-order valence-electron chi connectivity index (χ4n) is 1.20. The highest BCUT2D eigenvalue weighted by Crippen LogP contribution is 2.13. The number of aryl methyl sites for hydroxylation is 1. The largest absolute Gasteiger partial charge is 0.393 e. The number of hydrogen-bond acceptors (Lipinski definition) is 4. The first kappa shape index (κ1) is 10.3. The van der Waals surface area contributed by atoms with E-state index in [2.05, 4.69) is 16.6 Å². The summed E-state index contributed by atoms with van der Waals surface area (Å²) in [4.78, 5) is 10.0. The third-order valence-electron chi connectivity index (χ3n) is 1.99. The van der Waals surface area contributed by atoms with Crippen molar-refractivity contribution in [2.24, 2.45) is 12.0 Å². The van der Waals surface area contributed by atoms with Crippen LogP contribution in [0.25, 0.3) is 0 Å². The molecule has 0 radical (unpaired) electrons. The maximum atomic E-state index is 5.90. The topological polar surface area (TPSA) is 59.4 Å². The molecule has 0 aliphatic rings. The molecule has 0 aliphatic carbocycles. The Kier molecular flexibility index (Phi) is 2.91. The van der Waals surface area contributed by atoms with E-state index in [1.807, 2.05) is 14.1 Å². The van der Waals surface area contributed by atoms with Crippen molar-refractivity contribution in [1.82, 2.24) is 9.55 Å². The zero-order valence-corrected chi connectivity index (χ0v) is 8.73. The highest BCUT2D eigenvalue weighted by molar-refractivity contribution is 5.61. The average molecular weight is 193 g/mol. The second kappa shape index (κ2) is 3.95. The molecule has 14 heavy (non-hydrogen) atoms. The van der Waals surface area contributed by atoms with Crippen molar-refractivity contribution >= 4 is 11.5 Å². The molecule has 0 fully saturated rings. The number of rotatable bonds is 2. The standard InChI is InChI=1S/C9H15N5/c1-5-13(3)9-7(10)8(11-2)14(4)6-12-9/h5-6H,1,10H2,2-4H3/b11-8-. The predicted molar refractivity (Wildman–Crippen MR) is 57.7 cm³/mol. The van der Waals surface area contributed by atoms with Crippen LogP contribution in [0, 0.1) is 0 Å². The van der Waals surface area contributed by atoms with Gasteiger partial charge in [-0.1, -0.05) is 6.58 Å². The van der Waals surface area contributed by atoms with Crippen LogP contribution in [0.5, 0.6) is 0 Å². The minimum absolute atomic E-state index is 0.555. The van der Waals surface area contributed by atoms with E-state index >= 15 is 0 Å². The number of nitrogen functional groups attached to an aromatic ring is 1. The highest BCUT2D eigenvalue weighted by atomic mass is 15.2. The van der Waals surface area contributed by atoms with Gasteiger partial charge in [-0.25, -0.2) is 4.98 Å². The van der Waals surface area contributed by atoms with E-state index in [-0.39, 0.29) is 0 Å². The van der Waals surface area contributed by atoms with Crippen molar-refractivity contribution in [3.8, 4) is 0 Å². The fourth-order valence-corrected chi connectivity index (χ4v) is 1.20. The molecule has 2 N–H and O–H groups in total. The van der Waals surface area contributed by atoms with Gasteiger partial charge in [-0.15, -0.1) is 0 Å². The summed E-state index contributed by atoms with van der Waals surface area (Å²) in [6.45, 7) is 3.65. The second-order valence-corrected chi connectivity index (χ2v) is 2.93. The zero-order chi connectivity index (χ0) is 10.7. The van der Waals surface area contributed by atoms with Crippen molar-refractivity contribution in [2.45, 2.75) is 0 Å². The smallest absolute Gasteiger partial charge is 0.161 e. The van der Waals surface area contributed by atoms with E-state index in [0.29, 0.717) is 17.0 Å². The monoisotopic (exact) mass is 193 g/mol. The Balaban J connectivity index is 3.43. The lowest BCUT2D eigenvalue weighted by molar-refractivity contribution is 0.798. The van der Waals surface area contributed by atoms with Gasteiger partial charge in [0.15, 0.2) is 11.3 Å². The van der Waals surface area contributed by atoms with Crippen LogP contribution in [-0.2, 0) is 7.05 Å². The SMILES string of the molecule is C=CN(C)c1ncn(C)/c(=N\C)c1N. The molecule has 0 bridgehead atoms. The van der Waals surface area contributed by atoms with Gasteiger partial charge in [0.05, 0.1) is 6.33 Å². The van der Waals surface area contributed by atoms with Crippen molar-refractivity contribution in [3.05, 3.63) is 24.6 Å². The summed E-state index contributed by atoms with van der Waals surface area (Å²) in [5, 5.41) is 0. The number of nitrogens with two attached hydrogens (primary N) is 1. The Labute approximate surface area is 83.2 Å². The molecule has 0 saturated carbocycles. The molecule has 5 heteroatoms. The molecule has 0 atom stereocenters. The Morgan fingerprint density at radius 2 is 2.36 bits per heavy atom. The van der Waals surface area contributed by atoms with Crippen LogP contribution in [0.15, 0.2) is 24.1 Å². The third-order valence-corrected chi connectivity index (χ3v) is 1.99. The van der Waals surface area contributed by atoms with E-state index in [4.69, 9.17) is 5.73 Å². The normalized spacial score (nSPS) is 11.5. The van der Waals surface area contributed by atoms with Gasteiger partial charge in [-0.3, -0.25) is 4.99 Å². The van der Waals surface area contributed by atoms with Gasteiger partial charge in [-0.05, 0) is 6.20 Å². The lowest BCUT2D eigenvalue weighted by atomic mass is 10.4. The van der Waals surface area contributed by atoms with E-state index in [1.165, 1.54) is 0 Å². The molecule has 0 spiro atoms. The maximum absolute atomic E-state index is 5.90. The van der Waals surface area contributed by atoms with E-state index in [1.54, 1.807) is 29.0 Å². The molecule has 0 amide bonds. The quantitative estimate of drug-likeness (QED) is 0.725. The van der Waals surface area contributed by atoms with Crippen LogP contribution in [0.2, 0.25) is 0 Å². The first-order valence-electron chi connectivity index (χ1n) is 4.21. The van der Waals surface area contributed by atoms with Crippen LogP contribution in [-0.4, -0.2) is 23.6 Å². The molecule has 76 valence electrons. The van der Waals surface area contributed by atoms with Crippen LogP contribution < -0.4 is 16.1 Å². The third kappa shape index (κ3) is 1.61. The first-order chi connectivity index (χ1) is 6.61. The Morgan fingerprint density at radius 3 is 2.86 bits per heavy atom. The van der Waals surface area contributed by atoms with Crippen LogP contribution in [0.1, 0.15) is 0 Å². The van der Waals surface area contributed by atoms with Gasteiger partial charge in [0.1, 0.15) is 5.69 Å². The molecule has 1 heterocycles. The Morgan fingerprint density at radius 1 is 1.71 bits per heavy atom. The van der Waals surface area contributed by atoms with E-state index in [9.17, 15) is 0 Å². The minimum atomic E-state index is 0.555. The molecule has 1 aromatic rings. The van der Waals surface area contributed by atoms with Crippen LogP contribution in [0.3, 0.4) is 0 Å². The molecule has 0 saturated heterocycles. The van der Waals surface area contributed by atoms with E-state index in [0.717, 1.165) is 0 Å². The number of nitrogens with zero attached hydrogens (tertiary/aromatic N) is 4. The molecule has 0 unspecified atom stereocenters. The molecule has 1 rings (SSSR count). The van der Waals surface area contributed by atoms with Gasteiger partial charge in [0, 0.05) is 21.1 Å². The van der Waals surface area contributed by atoms with Gasteiger partial charge < -0.3 is 15.2 Å². The fraction of sp³-hybridized carbons (Fsp3) is 0.333. The van der Waals surface area contributed by atoms with Crippen molar-refractivity contribution in [1.29, 1.82) is 0 Å². The van der Waals surface area contributed by atoms with Gasteiger partial charge in [-0.2, -0.15) is 0 Å². The average Bonchev–Trinajstić information content (AvgIpc) is 2.18. The molecule has 0 aromatic carbocycles. The molecular formula is C9H15N5. The summed E-state index contributed by atoms with van der Waals surface area (Å²) in [7, 11) is 5.39. The summed E-state index contributed by atoms with van der Waals surface area (Å²) < 4.78 is 1.77. The number of aromatic nitrogens is 2. The summed E-state index contributed by atoms with van der Waals surface area (Å²) in [5.41, 5.74) is 7.17. The van der Waals surface area contributed by atoms with E-state index < -0.39 is 0 Å². The zero-order valence-electron chi connectivity index (χ0n) is 8.73. The summed E-state index contributed by atoms with van der Waals surface area (Å²) >= 11 is 0. The number of anilines is 2. The Hall–Kier alpha value is -1.78. The summed E-state index contributed by atoms with van der Waals surface area (Å²) in [5.74, 6) is 0.665. The van der Waals surface area contributed by atoms with Crippen LogP contribution >= 0.6 is 0 Å². The van der Waals surface area contributed by atoms with Gasteiger partial charge >= 0.3 is 0 Å². The summed E-state index contributed by atoms with van der Waals surface area (Å²) in [6, 6.07) is 0. The molecule has 0 aliphatic heterocycles. The summed E-state index contributed by atoms with van der Waals surface area (Å²) in [6.07, 6.45) is 3.33. The van der Waals surface area contributed by atoms with Gasteiger partial charge in [0.2, 0.25) is 0 Å². The van der Waals surface area contributed by atoms with Gasteiger partial charge in [0.25, 0.3) is 0 Å². The lowest BCUT2D eigenvalue weighted by Gasteiger charge is -2.15. The molecule has 1 aromatic heterocycles. The second-order valence-electron chi connectivity index (χ2n) is 2.93. The Bertz CT molecular complexity index is 404. The minimum Gasteiger partial charge on any atom is -0.393 e. The van der Waals surface area contributed by atoms with Crippen molar-refractivity contribution in [3.63, 3.8) is 0 Å². The van der Waals surface area contributed by atoms with Crippen molar-refractivity contribution < 1.29 is 0 Å². The maximum Gasteiger partial charge on any atom is 0.161 e. The highest BCUT2D eigenvalue weighted by Gasteiger charge is 2.06. The molecular weight excluding hydrogens is 178 g/mol. The lowest BCUT2D eigenvalue weighted by Crippen LogP contribution is -2.26. The predicted octanol–water partition coefficient (Wildman–Crippen LogP) is 0.113. The first-order valence-corrected chi connectivity index (χ1v) is 4.21.